The van der Waals surface area contributed by atoms with Crippen LogP contribution < -0.4 is 16.0 Å². The molecule has 0 aromatic carbocycles. The lowest BCUT2D eigenvalue weighted by Crippen LogP contribution is -2.34. The van der Waals surface area contributed by atoms with Crippen LogP contribution in [0.15, 0.2) is 18.3 Å². The van der Waals surface area contributed by atoms with Gasteiger partial charge in [0.25, 0.3) is 0 Å². The van der Waals surface area contributed by atoms with Crippen LogP contribution in [-0.4, -0.2) is 30.5 Å². The van der Waals surface area contributed by atoms with Crippen molar-refractivity contribution in [2.45, 2.75) is 19.9 Å². The van der Waals surface area contributed by atoms with Gasteiger partial charge in [0.15, 0.2) is 0 Å². The molecule has 0 saturated carbocycles. The highest BCUT2D eigenvalue weighted by atomic mass is 16.1. The van der Waals surface area contributed by atoms with E-state index in [1.165, 1.54) is 0 Å². The summed E-state index contributed by atoms with van der Waals surface area (Å²) in [4.78, 5) is 15.5. The summed E-state index contributed by atoms with van der Waals surface area (Å²) in [5, 5.41) is 8.78. The summed E-state index contributed by atoms with van der Waals surface area (Å²) in [5.41, 5.74) is 0.873. The van der Waals surface area contributed by atoms with Gasteiger partial charge in [-0.2, -0.15) is 0 Å². The molecule has 1 aromatic rings. The molecular weight excluding hydrogens is 204 g/mol. The summed E-state index contributed by atoms with van der Waals surface area (Å²) in [7, 11) is 1.80. The number of carbonyl (C=O) groups is 1. The first-order valence-corrected chi connectivity index (χ1v) is 5.29. The predicted molar refractivity (Wildman–Crippen MR) is 65.6 cm³/mol. The fraction of sp³-hybridized carbons (Fsp3) is 0.455. The molecule has 16 heavy (non-hydrogen) atoms. The van der Waals surface area contributed by atoms with Gasteiger partial charge < -0.3 is 16.0 Å². The first-order valence-electron chi connectivity index (χ1n) is 5.29. The second kappa shape index (κ2) is 5.95. The van der Waals surface area contributed by atoms with E-state index in [0.717, 1.165) is 11.5 Å². The molecule has 1 amide bonds. The van der Waals surface area contributed by atoms with Crippen LogP contribution >= 0.6 is 0 Å². The van der Waals surface area contributed by atoms with Crippen LogP contribution in [0, 0.1) is 0 Å². The maximum atomic E-state index is 11.4. The van der Waals surface area contributed by atoms with Crippen LogP contribution in [0.2, 0.25) is 0 Å². The normalized spacial score (nSPS) is 10.0. The average Bonchev–Trinajstić information content (AvgIpc) is 2.26. The lowest BCUT2D eigenvalue weighted by molar-refractivity contribution is -0.119. The van der Waals surface area contributed by atoms with Crippen LogP contribution in [0.4, 0.5) is 11.5 Å². The number of pyridine rings is 1. The third-order valence-electron chi connectivity index (χ3n) is 1.92. The van der Waals surface area contributed by atoms with Gasteiger partial charge in [0.2, 0.25) is 5.91 Å². The number of carbonyl (C=O) groups excluding carboxylic acids is 1. The Bertz CT molecular complexity index is 352. The Morgan fingerprint density at radius 2 is 2.25 bits per heavy atom. The van der Waals surface area contributed by atoms with E-state index in [-0.39, 0.29) is 18.5 Å². The van der Waals surface area contributed by atoms with Crippen molar-refractivity contribution in [2.75, 3.05) is 24.2 Å². The highest BCUT2D eigenvalue weighted by Crippen LogP contribution is 2.10. The van der Waals surface area contributed by atoms with Crippen LogP contribution in [-0.2, 0) is 4.79 Å². The van der Waals surface area contributed by atoms with Crippen molar-refractivity contribution < 1.29 is 4.79 Å². The zero-order valence-corrected chi connectivity index (χ0v) is 9.87. The monoisotopic (exact) mass is 222 g/mol. The van der Waals surface area contributed by atoms with E-state index in [1.807, 2.05) is 26.0 Å². The molecule has 0 aliphatic rings. The Morgan fingerprint density at radius 3 is 2.88 bits per heavy atom. The molecule has 3 N–H and O–H groups in total. The summed E-state index contributed by atoms with van der Waals surface area (Å²) in [5.74, 6) is 0.757. The van der Waals surface area contributed by atoms with Gasteiger partial charge in [-0.05, 0) is 19.9 Å². The lowest BCUT2D eigenvalue weighted by atomic mass is 10.3. The summed E-state index contributed by atoms with van der Waals surface area (Å²) >= 11 is 0. The van der Waals surface area contributed by atoms with Gasteiger partial charge in [-0.3, -0.25) is 4.79 Å². The SMILES string of the molecule is CNc1cc(NCC(=O)NC(C)C)ccn1. The van der Waals surface area contributed by atoms with E-state index in [4.69, 9.17) is 0 Å². The molecule has 1 aromatic heterocycles. The summed E-state index contributed by atoms with van der Waals surface area (Å²) in [6.07, 6.45) is 1.69. The predicted octanol–water partition coefficient (Wildman–Crippen LogP) is 1.06. The van der Waals surface area contributed by atoms with Gasteiger partial charge in [0.05, 0.1) is 6.54 Å². The van der Waals surface area contributed by atoms with Crippen molar-refractivity contribution in [1.82, 2.24) is 10.3 Å². The molecule has 88 valence electrons. The fourth-order valence-corrected chi connectivity index (χ4v) is 1.23. The lowest BCUT2D eigenvalue weighted by Gasteiger charge is -2.10. The Morgan fingerprint density at radius 1 is 1.50 bits per heavy atom. The number of nitrogens with zero attached hydrogens (tertiary/aromatic N) is 1. The van der Waals surface area contributed by atoms with Gasteiger partial charge in [-0.25, -0.2) is 4.98 Å². The number of rotatable bonds is 5. The third kappa shape index (κ3) is 4.16. The van der Waals surface area contributed by atoms with Crippen molar-refractivity contribution in [3.63, 3.8) is 0 Å². The second-order valence-corrected chi connectivity index (χ2v) is 3.76. The number of hydrogen-bond donors (Lipinski definition) is 3. The second-order valence-electron chi connectivity index (χ2n) is 3.76. The van der Waals surface area contributed by atoms with E-state index < -0.39 is 0 Å². The van der Waals surface area contributed by atoms with Crippen LogP contribution in [0.1, 0.15) is 13.8 Å². The maximum absolute atomic E-state index is 11.4. The third-order valence-corrected chi connectivity index (χ3v) is 1.92. The van der Waals surface area contributed by atoms with Gasteiger partial charge in [0.1, 0.15) is 5.82 Å². The Kier molecular flexibility index (Phi) is 4.57. The van der Waals surface area contributed by atoms with E-state index in [0.29, 0.717) is 0 Å². The minimum atomic E-state index is -0.0159. The molecule has 1 heterocycles. The zero-order valence-electron chi connectivity index (χ0n) is 9.87. The highest BCUT2D eigenvalue weighted by molar-refractivity contribution is 5.81. The number of anilines is 2. The molecule has 5 heteroatoms. The molecule has 0 aliphatic carbocycles. The number of aromatic nitrogens is 1. The Balaban J connectivity index is 2.45. The Hall–Kier alpha value is -1.78. The summed E-state index contributed by atoms with van der Waals surface area (Å²) in [6, 6.07) is 3.84. The quantitative estimate of drug-likeness (QED) is 0.697. The van der Waals surface area contributed by atoms with Crippen LogP contribution in [0.5, 0.6) is 0 Å². The first kappa shape index (κ1) is 12.3. The van der Waals surface area contributed by atoms with Crippen LogP contribution in [0.3, 0.4) is 0 Å². The molecule has 0 spiro atoms. The molecule has 0 bridgehead atoms. The molecule has 0 aliphatic heterocycles. The van der Waals surface area contributed by atoms with E-state index in [9.17, 15) is 4.79 Å². The molecule has 0 radical (unpaired) electrons. The Labute approximate surface area is 95.7 Å². The van der Waals surface area contributed by atoms with Gasteiger partial charge in [-0.1, -0.05) is 0 Å². The van der Waals surface area contributed by atoms with Crippen molar-refractivity contribution in [3.05, 3.63) is 18.3 Å². The fourth-order valence-electron chi connectivity index (χ4n) is 1.23. The van der Waals surface area contributed by atoms with Gasteiger partial charge >= 0.3 is 0 Å². The van der Waals surface area contributed by atoms with Crippen molar-refractivity contribution in [2.24, 2.45) is 0 Å². The number of amides is 1. The van der Waals surface area contributed by atoms with Crippen molar-refractivity contribution in [1.29, 1.82) is 0 Å². The van der Waals surface area contributed by atoms with Gasteiger partial charge in [0, 0.05) is 31.0 Å². The molecule has 0 fully saturated rings. The van der Waals surface area contributed by atoms with E-state index in [2.05, 4.69) is 20.9 Å². The molecule has 1 rings (SSSR count). The topological polar surface area (TPSA) is 66.0 Å². The molecule has 0 saturated heterocycles. The largest absolute Gasteiger partial charge is 0.376 e. The van der Waals surface area contributed by atoms with Crippen molar-refractivity contribution in [3.8, 4) is 0 Å². The molecule has 0 atom stereocenters. The van der Waals surface area contributed by atoms with E-state index in [1.54, 1.807) is 13.2 Å². The standard InChI is InChI=1S/C11H18N4O/c1-8(2)15-11(16)7-14-9-4-5-13-10(6-9)12-3/h4-6,8H,7H2,1-3H3,(H,15,16)(H2,12,13,14). The molecular formula is C11H18N4O. The smallest absolute Gasteiger partial charge is 0.239 e. The highest BCUT2D eigenvalue weighted by Gasteiger charge is 2.02. The average molecular weight is 222 g/mol. The number of nitrogens with one attached hydrogen (secondary N) is 3. The summed E-state index contributed by atoms with van der Waals surface area (Å²) < 4.78 is 0. The first-order chi connectivity index (χ1) is 7.61. The zero-order chi connectivity index (χ0) is 12.0. The van der Waals surface area contributed by atoms with Crippen molar-refractivity contribution >= 4 is 17.4 Å². The van der Waals surface area contributed by atoms with Gasteiger partial charge in [-0.15, -0.1) is 0 Å². The summed E-state index contributed by atoms with van der Waals surface area (Å²) in [6.45, 7) is 4.14. The maximum Gasteiger partial charge on any atom is 0.239 e. The van der Waals surface area contributed by atoms with Crippen LogP contribution in [0.25, 0.3) is 0 Å². The minimum absolute atomic E-state index is 0.0159. The molecule has 5 nitrogen and oxygen atoms in total. The molecule has 0 unspecified atom stereocenters. The van der Waals surface area contributed by atoms with E-state index >= 15 is 0 Å². The minimum Gasteiger partial charge on any atom is -0.376 e. The number of hydrogen-bond acceptors (Lipinski definition) is 4.